The van der Waals surface area contributed by atoms with Crippen LogP contribution in [-0.4, -0.2) is 39.4 Å². The molecule has 1 aliphatic heterocycles. The first-order valence-corrected chi connectivity index (χ1v) is 9.79. The van der Waals surface area contributed by atoms with Crippen molar-refractivity contribution in [3.63, 3.8) is 0 Å². The summed E-state index contributed by atoms with van der Waals surface area (Å²) in [6, 6.07) is 7.06. The summed E-state index contributed by atoms with van der Waals surface area (Å²) in [5.41, 5.74) is -2.19. The van der Waals surface area contributed by atoms with Gasteiger partial charge in [0.05, 0.1) is 11.7 Å². The van der Waals surface area contributed by atoms with Gasteiger partial charge in [0.2, 0.25) is 0 Å². The van der Waals surface area contributed by atoms with Crippen molar-refractivity contribution in [2.24, 2.45) is 11.0 Å². The molecule has 1 saturated carbocycles. The van der Waals surface area contributed by atoms with Crippen molar-refractivity contribution in [3.8, 4) is 0 Å². The predicted octanol–water partition coefficient (Wildman–Crippen LogP) is 4.21. The number of carbonyl (C=O) groups is 1. The lowest BCUT2D eigenvalue weighted by Gasteiger charge is -2.38. The number of nitrogens with zero attached hydrogens (tertiary/aromatic N) is 2. The monoisotopic (exact) mass is 406 g/mol. The van der Waals surface area contributed by atoms with E-state index in [0.717, 1.165) is 17.3 Å². The Bertz CT molecular complexity index is 728. The molecule has 2 aliphatic rings. The van der Waals surface area contributed by atoms with Gasteiger partial charge in [0.25, 0.3) is 11.6 Å². The van der Waals surface area contributed by atoms with Gasteiger partial charge in [-0.3, -0.25) is 4.79 Å². The van der Waals surface area contributed by atoms with Gasteiger partial charge in [0.15, 0.2) is 0 Å². The van der Waals surface area contributed by atoms with E-state index in [1.807, 2.05) is 0 Å². The smallest absolute Gasteiger partial charge is 0.362 e. The number of amides is 1. The van der Waals surface area contributed by atoms with Crippen LogP contribution in [0.2, 0.25) is 5.02 Å². The van der Waals surface area contributed by atoms with E-state index in [1.165, 1.54) is 0 Å². The Kier molecular flexibility index (Phi) is 5.55. The predicted molar refractivity (Wildman–Crippen MR) is 94.9 cm³/mol. The summed E-state index contributed by atoms with van der Waals surface area (Å²) in [5, 5.41) is 15.1. The molecule has 2 atom stereocenters. The summed E-state index contributed by atoms with van der Waals surface area (Å²) in [6.07, 6.45) is -3.13. The number of fused-ring (bicyclic) bond motifs is 1. The highest BCUT2D eigenvalue weighted by Gasteiger charge is 2.68. The van der Waals surface area contributed by atoms with E-state index in [2.05, 4.69) is 5.10 Å². The van der Waals surface area contributed by atoms with Gasteiger partial charge in [-0.25, -0.2) is 0 Å². The Balaban J connectivity index is 1.72. The summed E-state index contributed by atoms with van der Waals surface area (Å²) in [6.45, 7) is 0. The van der Waals surface area contributed by atoms with Crippen LogP contribution in [0.5, 0.6) is 0 Å². The summed E-state index contributed by atoms with van der Waals surface area (Å²) in [4.78, 5) is 12.4. The molecule has 9 heteroatoms. The number of carbonyl (C=O) groups excluding carboxylic acids is 1. The molecule has 1 fully saturated rings. The fourth-order valence-electron chi connectivity index (χ4n) is 3.39. The zero-order valence-electron chi connectivity index (χ0n) is 13.8. The first-order chi connectivity index (χ1) is 12.2. The lowest BCUT2D eigenvalue weighted by molar-refractivity contribution is -0.316. The molecule has 0 aromatic heterocycles. The Morgan fingerprint density at radius 3 is 2.81 bits per heavy atom. The molecule has 3 rings (SSSR count). The topological polar surface area (TPSA) is 52.9 Å². The maximum Gasteiger partial charge on any atom is 0.439 e. The minimum atomic E-state index is -4.97. The van der Waals surface area contributed by atoms with Gasteiger partial charge < -0.3 is 5.11 Å². The molecule has 1 aromatic carbocycles. The third kappa shape index (κ3) is 3.46. The van der Waals surface area contributed by atoms with Gasteiger partial charge in [0.1, 0.15) is 0 Å². The molecule has 1 aromatic rings. The van der Waals surface area contributed by atoms with Crippen molar-refractivity contribution >= 4 is 35.0 Å². The van der Waals surface area contributed by atoms with E-state index in [9.17, 15) is 23.1 Å². The fraction of sp³-hybridized carbons (Fsp3) is 0.529. The third-order valence-electron chi connectivity index (χ3n) is 4.71. The molecule has 0 radical (unpaired) electrons. The first-order valence-electron chi connectivity index (χ1n) is 8.26. The van der Waals surface area contributed by atoms with E-state index >= 15 is 0 Å². The van der Waals surface area contributed by atoms with Crippen molar-refractivity contribution in [1.29, 1.82) is 0 Å². The Labute approximate surface area is 158 Å². The molecule has 142 valence electrons. The van der Waals surface area contributed by atoms with E-state index in [0.29, 0.717) is 30.0 Å². The summed E-state index contributed by atoms with van der Waals surface area (Å²) < 4.78 is 40.9. The number of alkyl halides is 3. The van der Waals surface area contributed by atoms with Crippen molar-refractivity contribution in [1.82, 2.24) is 5.01 Å². The molecule has 1 heterocycles. The molecular weight excluding hydrogens is 389 g/mol. The largest absolute Gasteiger partial charge is 0.439 e. The SMILES string of the molecule is O=C(CSCc1ccccc1Cl)N1N=C2CCCC[C@H]2[C@]1(O)C(F)(F)F. The molecule has 4 nitrogen and oxygen atoms in total. The summed E-state index contributed by atoms with van der Waals surface area (Å²) in [5.74, 6) is -1.88. The summed E-state index contributed by atoms with van der Waals surface area (Å²) >= 11 is 7.17. The zero-order chi connectivity index (χ0) is 18.9. The lowest BCUT2D eigenvalue weighted by atomic mass is 9.80. The molecular formula is C17H18ClF3N2O2S. The molecule has 1 N–H and O–H groups in total. The van der Waals surface area contributed by atoms with E-state index < -0.39 is 23.7 Å². The van der Waals surface area contributed by atoms with Gasteiger partial charge in [-0.15, -0.1) is 11.8 Å². The zero-order valence-corrected chi connectivity index (χ0v) is 15.4. The van der Waals surface area contributed by atoms with Crippen LogP contribution in [0.1, 0.15) is 31.2 Å². The van der Waals surface area contributed by atoms with Crippen molar-refractivity contribution in [3.05, 3.63) is 34.9 Å². The van der Waals surface area contributed by atoms with Crippen LogP contribution in [0, 0.1) is 5.92 Å². The molecule has 1 aliphatic carbocycles. The molecule has 0 unspecified atom stereocenters. The maximum atomic E-state index is 13.6. The second kappa shape index (κ2) is 7.40. The normalized spacial score (nSPS) is 25.8. The first kappa shape index (κ1) is 19.5. The van der Waals surface area contributed by atoms with Gasteiger partial charge in [-0.05, 0) is 30.9 Å². The van der Waals surface area contributed by atoms with Gasteiger partial charge >= 0.3 is 6.18 Å². The van der Waals surface area contributed by atoms with Crippen LogP contribution >= 0.6 is 23.4 Å². The van der Waals surface area contributed by atoms with Crippen LogP contribution < -0.4 is 0 Å². The average molecular weight is 407 g/mol. The number of halogens is 4. The number of hydrazone groups is 1. The van der Waals surface area contributed by atoms with E-state index in [1.54, 1.807) is 24.3 Å². The minimum absolute atomic E-state index is 0.172. The lowest BCUT2D eigenvalue weighted by Crippen LogP contribution is -2.61. The second-order valence-corrected chi connectivity index (χ2v) is 7.80. The number of aliphatic hydroxyl groups is 1. The highest BCUT2D eigenvalue weighted by atomic mass is 35.5. The fourth-order valence-corrected chi connectivity index (χ4v) is 4.54. The van der Waals surface area contributed by atoms with Crippen LogP contribution in [0.15, 0.2) is 29.4 Å². The van der Waals surface area contributed by atoms with Crippen molar-refractivity contribution in [2.75, 3.05) is 5.75 Å². The van der Waals surface area contributed by atoms with Gasteiger partial charge in [-0.1, -0.05) is 36.2 Å². The highest BCUT2D eigenvalue weighted by molar-refractivity contribution is 7.99. The van der Waals surface area contributed by atoms with E-state index in [4.69, 9.17) is 11.6 Å². The van der Waals surface area contributed by atoms with Crippen molar-refractivity contribution < 1.29 is 23.1 Å². The Morgan fingerprint density at radius 1 is 1.38 bits per heavy atom. The molecule has 0 saturated heterocycles. The van der Waals surface area contributed by atoms with Crippen LogP contribution in [0.4, 0.5) is 13.2 Å². The number of hydrogen-bond donors (Lipinski definition) is 1. The third-order valence-corrected chi connectivity index (χ3v) is 6.04. The number of thioether (sulfide) groups is 1. The average Bonchev–Trinajstić information content (AvgIpc) is 2.91. The molecule has 1 amide bonds. The van der Waals surface area contributed by atoms with Crippen LogP contribution in [0.3, 0.4) is 0 Å². The van der Waals surface area contributed by atoms with Crippen LogP contribution in [0.25, 0.3) is 0 Å². The second-order valence-electron chi connectivity index (χ2n) is 6.40. The minimum Gasteiger partial charge on any atom is -0.362 e. The number of rotatable bonds is 4. The quantitative estimate of drug-likeness (QED) is 0.814. The highest BCUT2D eigenvalue weighted by Crippen LogP contribution is 2.48. The van der Waals surface area contributed by atoms with Crippen LogP contribution in [-0.2, 0) is 10.5 Å². The van der Waals surface area contributed by atoms with Gasteiger partial charge in [0, 0.05) is 16.5 Å². The van der Waals surface area contributed by atoms with Gasteiger partial charge in [-0.2, -0.15) is 23.3 Å². The Hall–Kier alpha value is -1.25. The molecule has 0 spiro atoms. The maximum absolute atomic E-state index is 13.6. The Morgan fingerprint density at radius 2 is 2.12 bits per heavy atom. The standard InChI is InChI=1S/C17H18ClF3N2O2S/c18-13-7-3-1-5-11(13)9-26-10-15(24)23-16(25,17(19,20)21)12-6-2-4-8-14(12)22-23/h1,3,5,7,12,25H,2,4,6,8-10H2/t12-,16+/m1/s1. The summed E-state index contributed by atoms with van der Waals surface area (Å²) in [7, 11) is 0. The van der Waals surface area contributed by atoms with Crippen molar-refractivity contribution in [2.45, 2.75) is 43.3 Å². The number of hydrogen-bond acceptors (Lipinski definition) is 4. The molecule has 0 bridgehead atoms. The molecule has 26 heavy (non-hydrogen) atoms. The van der Waals surface area contributed by atoms with E-state index in [-0.39, 0.29) is 22.9 Å². The number of benzene rings is 1.